The van der Waals surface area contributed by atoms with E-state index in [1.807, 2.05) is 13.0 Å². The number of hydrogen-bond acceptors (Lipinski definition) is 5. The van der Waals surface area contributed by atoms with Gasteiger partial charge in [0, 0.05) is 17.4 Å². The number of hydrogen-bond donors (Lipinski definition) is 2. The highest BCUT2D eigenvalue weighted by molar-refractivity contribution is 5.97. The van der Waals surface area contributed by atoms with Crippen molar-refractivity contribution in [1.82, 2.24) is 20.4 Å². The molecule has 1 aromatic carbocycles. The minimum absolute atomic E-state index is 0.297. The number of aromatic nitrogens is 2. The lowest BCUT2D eigenvalue weighted by Gasteiger charge is -2.20. The van der Waals surface area contributed by atoms with Crippen LogP contribution >= 0.6 is 0 Å². The molecule has 1 heterocycles. The fourth-order valence-electron chi connectivity index (χ4n) is 2.13. The molecule has 8 nitrogen and oxygen atoms in total. The van der Waals surface area contributed by atoms with Gasteiger partial charge in [0.25, 0.3) is 5.91 Å². The first-order chi connectivity index (χ1) is 12.2. The van der Waals surface area contributed by atoms with Gasteiger partial charge in [-0.15, -0.1) is 0 Å². The van der Waals surface area contributed by atoms with Crippen LogP contribution in [0.15, 0.2) is 36.5 Å². The number of imide groups is 1. The molecule has 0 bridgehead atoms. The van der Waals surface area contributed by atoms with Gasteiger partial charge in [0.1, 0.15) is 0 Å². The second kappa shape index (κ2) is 7.81. The molecule has 0 aliphatic heterocycles. The molecule has 26 heavy (non-hydrogen) atoms. The van der Waals surface area contributed by atoms with Crippen molar-refractivity contribution in [2.24, 2.45) is 0 Å². The number of carbonyl (C=O) groups is 3. The Balaban J connectivity index is 1.87. The highest BCUT2D eigenvalue weighted by Crippen LogP contribution is 2.12. The monoisotopic (exact) mass is 358 g/mol. The molecule has 0 atom stereocenters. The first kappa shape index (κ1) is 19.2. The average Bonchev–Trinajstić information content (AvgIpc) is 2.97. The molecule has 0 saturated heterocycles. The van der Waals surface area contributed by atoms with E-state index >= 15 is 0 Å². The van der Waals surface area contributed by atoms with Gasteiger partial charge in [-0.2, -0.15) is 5.10 Å². The van der Waals surface area contributed by atoms with E-state index in [0.29, 0.717) is 5.56 Å². The number of rotatable bonds is 4. The standard InChI is InChI=1S/C18H22N4O4/c1-12-9-10-19-22(12)14-7-5-13(6-8-14)16(24)26-11-15(23)20-17(25)21-18(2,3)4/h5-10H,11H2,1-4H3,(H2,20,21,23,25). The molecule has 2 N–H and O–H groups in total. The molecule has 3 amide bonds. The summed E-state index contributed by atoms with van der Waals surface area (Å²) in [6.07, 6.45) is 1.69. The number of nitrogens with one attached hydrogen (secondary N) is 2. The summed E-state index contributed by atoms with van der Waals surface area (Å²) in [7, 11) is 0. The van der Waals surface area contributed by atoms with Crippen molar-refractivity contribution in [3.63, 3.8) is 0 Å². The minimum atomic E-state index is -0.705. The van der Waals surface area contributed by atoms with E-state index in [1.54, 1.807) is 55.9 Å². The predicted molar refractivity (Wildman–Crippen MR) is 95.0 cm³/mol. The van der Waals surface area contributed by atoms with Gasteiger partial charge in [0.15, 0.2) is 6.61 Å². The fourth-order valence-corrected chi connectivity index (χ4v) is 2.13. The maximum atomic E-state index is 12.0. The molecule has 0 aliphatic rings. The first-order valence-electron chi connectivity index (χ1n) is 8.06. The largest absolute Gasteiger partial charge is 0.452 e. The van der Waals surface area contributed by atoms with Gasteiger partial charge in [-0.05, 0) is 58.0 Å². The van der Waals surface area contributed by atoms with Crippen LogP contribution in [0.5, 0.6) is 0 Å². The molecular formula is C18H22N4O4. The van der Waals surface area contributed by atoms with Crippen LogP contribution in [0, 0.1) is 6.92 Å². The first-order valence-corrected chi connectivity index (χ1v) is 8.06. The third-order valence-electron chi connectivity index (χ3n) is 3.26. The molecule has 0 saturated carbocycles. The van der Waals surface area contributed by atoms with Crippen molar-refractivity contribution in [2.75, 3.05) is 6.61 Å². The summed E-state index contributed by atoms with van der Waals surface area (Å²) in [6.45, 7) is 6.72. The Morgan fingerprint density at radius 1 is 1.12 bits per heavy atom. The molecule has 0 unspecified atom stereocenters. The summed E-state index contributed by atoms with van der Waals surface area (Å²) in [5.41, 5.74) is 1.59. The van der Waals surface area contributed by atoms with Gasteiger partial charge in [0.2, 0.25) is 0 Å². The molecule has 2 rings (SSSR count). The Morgan fingerprint density at radius 3 is 2.31 bits per heavy atom. The summed E-state index contributed by atoms with van der Waals surface area (Å²) in [4.78, 5) is 35.2. The van der Waals surface area contributed by atoms with Crippen molar-refractivity contribution in [3.05, 3.63) is 47.8 Å². The number of urea groups is 1. The van der Waals surface area contributed by atoms with E-state index < -0.39 is 30.1 Å². The topological polar surface area (TPSA) is 102 Å². The second-order valence-corrected chi connectivity index (χ2v) is 6.76. The van der Waals surface area contributed by atoms with Crippen LogP contribution in [0.2, 0.25) is 0 Å². The average molecular weight is 358 g/mol. The molecule has 0 radical (unpaired) electrons. The van der Waals surface area contributed by atoms with Gasteiger partial charge in [-0.3, -0.25) is 10.1 Å². The number of carbonyl (C=O) groups excluding carboxylic acids is 3. The molecule has 0 fully saturated rings. The normalized spacial score (nSPS) is 10.9. The van der Waals surface area contributed by atoms with Crippen LogP contribution in [-0.4, -0.2) is 39.8 Å². The fraction of sp³-hybridized carbons (Fsp3) is 0.333. The second-order valence-electron chi connectivity index (χ2n) is 6.76. The van der Waals surface area contributed by atoms with Crippen LogP contribution in [-0.2, 0) is 9.53 Å². The van der Waals surface area contributed by atoms with Crippen molar-refractivity contribution >= 4 is 17.9 Å². The van der Waals surface area contributed by atoms with Gasteiger partial charge in [0.05, 0.1) is 11.3 Å². The van der Waals surface area contributed by atoms with Gasteiger partial charge in [-0.25, -0.2) is 14.3 Å². The van der Waals surface area contributed by atoms with Crippen molar-refractivity contribution in [3.8, 4) is 5.69 Å². The molecule has 8 heteroatoms. The Kier molecular flexibility index (Phi) is 5.76. The molecule has 0 spiro atoms. The number of nitrogens with zero attached hydrogens (tertiary/aromatic N) is 2. The predicted octanol–water partition coefficient (Wildman–Crippen LogP) is 1.96. The third kappa shape index (κ3) is 5.44. The lowest BCUT2D eigenvalue weighted by molar-refractivity contribution is -0.123. The third-order valence-corrected chi connectivity index (χ3v) is 3.26. The number of amides is 3. The van der Waals surface area contributed by atoms with Crippen LogP contribution in [0.3, 0.4) is 0 Å². The number of aryl methyl sites for hydroxylation is 1. The summed E-state index contributed by atoms with van der Waals surface area (Å²) >= 11 is 0. The van der Waals surface area contributed by atoms with Crippen LogP contribution < -0.4 is 10.6 Å². The Morgan fingerprint density at radius 2 is 1.77 bits per heavy atom. The minimum Gasteiger partial charge on any atom is -0.452 e. The molecule has 2 aromatic rings. The number of ether oxygens (including phenoxy) is 1. The number of esters is 1. The summed E-state index contributed by atoms with van der Waals surface area (Å²) in [5, 5.41) is 8.86. The van der Waals surface area contributed by atoms with E-state index in [1.165, 1.54) is 0 Å². The highest BCUT2D eigenvalue weighted by Gasteiger charge is 2.17. The maximum Gasteiger partial charge on any atom is 0.338 e. The van der Waals surface area contributed by atoms with E-state index in [9.17, 15) is 14.4 Å². The Labute approximate surface area is 151 Å². The molecule has 138 valence electrons. The molecule has 0 aliphatic carbocycles. The van der Waals surface area contributed by atoms with Crippen LogP contribution in [0.1, 0.15) is 36.8 Å². The van der Waals surface area contributed by atoms with Crippen molar-refractivity contribution in [2.45, 2.75) is 33.2 Å². The van der Waals surface area contributed by atoms with Gasteiger partial charge >= 0.3 is 12.0 Å². The lowest BCUT2D eigenvalue weighted by Crippen LogP contribution is -2.49. The maximum absolute atomic E-state index is 12.0. The smallest absolute Gasteiger partial charge is 0.338 e. The Bertz CT molecular complexity index is 803. The van der Waals surface area contributed by atoms with E-state index in [2.05, 4.69) is 15.7 Å². The zero-order chi connectivity index (χ0) is 19.3. The van der Waals surface area contributed by atoms with Crippen LogP contribution in [0.25, 0.3) is 5.69 Å². The SMILES string of the molecule is Cc1ccnn1-c1ccc(C(=O)OCC(=O)NC(=O)NC(C)(C)C)cc1. The van der Waals surface area contributed by atoms with Crippen molar-refractivity contribution < 1.29 is 19.1 Å². The Hall–Kier alpha value is -3.16. The summed E-state index contributed by atoms with van der Waals surface area (Å²) in [6, 6.07) is 7.86. The van der Waals surface area contributed by atoms with Gasteiger partial charge in [-0.1, -0.05) is 0 Å². The summed E-state index contributed by atoms with van der Waals surface area (Å²) in [5.74, 6) is -1.36. The molecule has 1 aromatic heterocycles. The lowest BCUT2D eigenvalue weighted by atomic mass is 10.1. The quantitative estimate of drug-likeness (QED) is 0.814. The summed E-state index contributed by atoms with van der Waals surface area (Å²) < 4.78 is 6.65. The molecular weight excluding hydrogens is 336 g/mol. The van der Waals surface area contributed by atoms with Gasteiger partial charge < -0.3 is 10.1 Å². The van der Waals surface area contributed by atoms with Crippen molar-refractivity contribution in [1.29, 1.82) is 0 Å². The number of benzene rings is 1. The zero-order valence-corrected chi connectivity index (χ0v) is 15.2. The van der Waals surface area contributed by atoms with E-state index in [-0.39, 0.29) is 0 Å². The van der Waals surface area contributed by atoms with Crippen LogP contribution in [0.4, 0.5) is 4.79 Å². The van der Waals surface area contributed by atoms with E-state index in [4.69, 9.17) is 4.74 Å². The zero-order valence-electron chi connectivity index (χ0n) is 15.2. The highest BCUT2D eigenvalue weighted by atomic mass is 16.5. The van der Waals surface area contributed by atoms with E-state index in [0.717, 1.165) is 11.4 Å².